The Morgan fingerprint density at radius 1 is 1.09 bits per heavy atom. The molecular formula is C24H32N6OS. The molecule has 4 rings (SSSR count). The minimum Gasteiger partial charge on any atom is -0.395 e. The van der Waals surface area contributed by atoms with E-state index in [1.54, 1.807) is 17.7 Å². The van der Waals surface area contributed by atoms with Gasteiger partial charge in [0.1, 0.15) is 11.2 Å². The fourth-order valence-electron chi connectivity index (χ4n) is 3.76. The maximum absolute atomic E-state index is 9.07. The first kappa shape index (κ1) is 22.8. The van der Waals surface area contributed by atoms with Crippen LogP contribution in [-0.2, 0) is 12.0 Å². The SMILES string of the molecule is CC(C)(C)c1cc2c(NN=Cc3ccc(CN4CCN(CCO)CC4)cc3)ncnc2s1. The molecule has 2 aromatic heterocycles. The predicted octanol–water partition coefficient (Wildman–Crippen LogP) is 3.54. The number of nitrogens with zero attached hydrogens (tertiary/aromatic N) is 5. The van der Waals surface area contributed by atoms with Crippen LogP contribution < -0.4 is 5.43 Å². The number of aromatic nitrogens is 2. The molecule has 0 amide bonds. The molecular weight excluding hydrogens is 420 g/mol. The molecule has 0 saturated carbocycles. The third-order valence-corrected chi connectivity index (χ3v) is 7.19. The second kappa shape index (κ2) is 10.0. The first-order valence-electron chi connectivity index (χ1n) is 11.1. The lowest BCUT2D eigenvalue weighted by atomic mass is 9.94. The first-order valence-corrected chi connectivity index (χ1v) is 11.9. The number of β-amino-alcohol motifs (C(OH)–C–C–N with tert-alkyl or cyclic N) is 1. The van der Waals surface area contributed by atoms with Crippen molar-refractivity contribution in [2.75, 3.05) is 44.8 Å². The Labute approximate surface area is 193 Å². The molecule has 0 unspecified atom stereocenters. The van der Waals surface area contributed by atoms with Crippen molar-refractivity contribution in [3.63, 3.8) is 0 Å². The number of hydrogen-bond acceptors (Lipinski definition) is 8. The molecule has 0 aliphatic carbocycles. The number of hydrazone groups is 1. The van der Waals surface area contributed by atoms with Crippen molar-refractivity contribution in [2.45, 2.75) is 32.7 Å². The maximum atomic E-state index is 9.07. The summed E-state index contributed by atoms with van der Waals surface area (Å²) in [6.45, 7) is 12.7. The fraction of sp³-hybridized carbons (Fsp3) is 0.458. The van der Waals surface area contributed by atoms with Gasteiger partial charge in [0, 0.05) is 44.1 Å². The van der Waals surface area contributed by atoms with Crippen molar-refractivity contribution in [2.24, 2.45) is 5.10 Å². The molecule has 170 valence electrons. The molecule has 0 bridgehead atoms. The summed E-state index contributed by atoms with van der Waals surface area (Å²) in [5, 5.41) is 14.5. The number of benzene rings is 1. The van der Waals surface area contributed by atoms with Crippen LogP contribution in [0.25, 0.3) is 10.2 Å². The van der Waals surface area contributed by atoms with E-state index in [9.17, 15) is 0 Å². The Morgan fingerprint density at radius 3 is 2.50 bits per heavy atom. The second-order valence-corrected chi connectivity index (χ2v) is 10.3. The average Bonchev–Trinajstić information content (AvgIpc) is 3.23. The van der Waals surface area contributed by atoms with Crippen LogP contribution in [0, 0.1) is 0 Å². The fourth-order valence-corrected chi connectivity index (χ4v) is 4.82. The number of nitrogens with one attached hydrogen (secondary N) is 1. The molecule has 32 heavy (non-hydrogen) atoms. The molecule has 0 radical (unpaired) electrons. The Morgan fingerprint density at radius 2 is 1.81 bits per heavy atom. The first-order chi connectivity index (χ1) is 15.4. The van der Waals surface area contributed by atoms with Crippen molar-refractivity contribution < 1.29 is 5.11 Å². The summed E-state index contributed by atoms with van der Waals surface area (Å²) in [6.07, 6.45) is 3.41. The summed E-state index contributed by atoms with van der Waals surface area (Å²) in [6, 6.07) is 10.7. The minimum atomic E-state index is 0.0840. The van der Waals surface area contributed by atoms with Crippen molar-refractivity contribution in [3.05, 3.63) is 52.7 Å². The third kappa shape index (κ3) is 5.69. The average molecular weight is 453 g/mol. The highest BCUT2D eigenvalue weighted by Gasteiger charge is 2.19. The van der Waals surface area contributed by atoms with E-state index in [0.29, 0.717) is 0 Å². The maximum Gasteiger partial charge on any atom is 0.158 e. The second-order valence-electron chi connectivity index (χ2n) is 9.25. The van der Waals surface area contributed by atoms with Gasteiger partial charge in [-0.15, -0.1) is 11.3 Å². The van der Waals surface area contributed by atoms with Crippen molar-refractivity contribution in [1.29, 1.82) is 0 Å². The number of fused-ring (bicyclic) bond motifs is 1. The van der Waals surface area contributed by atoms with Crippen LogP contribution in [0.1, 0.15) is 36.8 Å². The lowest BCUT2D eigenvalue weighted by molar-refractivity contribution is 0.108. The van der Waals surface area contributed by atoms with Crippen LogP contribution >= 0.6 is 11.3 Å². The molecule has 1 aromatic carbocycles. The number of piperazine rings is 1. The van der Waals surface area contributed by atoms with E-state index >= 15 is 0 Å². The van der Waals surface area contributed by atoms with Gasteiger partial charge < -0.3 is 5.11 Å². The number of anilines is 1. The predicted molar refractivity (Wildman–Crippen MR) is 133 cm³/mol. The zero-order chi connectivity index (χ0) is 22.6. The molecule has 0 spiro atoms. The number of thiophene rings is 1. The number of hydrogen-bond donors (Lipinski definition) is 2. The van der Waals surface area contributed by atoms with Crippen LogP contribution in [0.2, 0.25) is 0 Å². The third-order valence-electron chi connectivity index (χ3n) is 5.72. The molecule has 7 nitrogen and oxygen atoms in total. The molecule has 0 atom stereocenters. The van der Waals surface area contributed by atoms with Crippen LogP contribution in [0.4, 0.5) is 5.82 Å². The highest BCUT2D eigenvalue weighted by molar-refractivity contribution is 7.18. The summed E-state index contributed by atoms with van der Waals surface area (Å²) in [4.78, 5) is 15.8. The highest BCUT2D eigenvalue weighted by atomic mass is 32.1. The number of rotatable bonds is 7. The smallest absolute Gasteiger partial charge is 0.158 e. The molecule has 2 N–H and O–H groups in total. The summed E-state index contributed by atoms with van der Waals surface area (Å²) in [5.74, 6) is 0.731. The molecule has 1 aliphatic rings. The van der Waals surface area contributed by atoms with Gasteiger partial charge in [-0.25, -0.2) is 9.97 Å². The lowest BCUT2D eigenvalue weighted by Crippen LogP contribution is -2.46. The Hall–Kier alpha value is -2.39. The molecule has 3 heterocycles. The summed E-state index contributed by atoms with van der Waals surface area (Å²) >= 11 is 1.71. The molecule has 1 fully saturated rings. The summed E-state index contributed by atoms with van der Waals surface area (Å²) < 4.78 is 0. The van der Waals surface area contributed by atoms with Gasteiger partial charge in [-0.05, 0) is 22.6 Å². The van der Waals surface area contributed by atoms with Gasteiger partial charge in [-0.3, -0.25) is 15.2 Å². The van der Waals surface area contributed by atoms with E-state index in [-0.39, 0.29) is 12.0 Å². The number of aliphatic hydroxyl groups is 1. The van der Waals surface area contributed by atoms with Gasteiger partial charge >= 0.3 is 0 Å². The molecule has 8 heteroatoms. The highest BCUT2D eigenvalue weighted by Crippen LogP contribution is 2.35. The monoisotopic (exact) mass is 452 g/mol. The Kier molecular flexibility index (Phi) is 7.15. The van der Waals surface area contributed by atoms with Crippen LogP contribution in [0.15, 0.2) is 41.8 Å². The molecule has 1 aliphatic heterocycles. The normalized spacial score (nSPS) is 16.2. The van der Waals surface area contributed by atoms with Gasteiger partial charge in [0.2, 0.25) is 0 Å². The van der Waals surface area contributed by atoms with Crippen molar-refractivity contribution >= 4 is 33.6 Å². The van der Waals surface area contributed by atoms with E-state index in [1.807, 2.05) is 6.21 Å². The molecule has 3 aromatic rings. The van der Waals surface area contributed by atoms with E-state index in [4.69, 9.17) is 5.11 Å². The quantitative estimate of drug-likeness (QED) is 0.422. The van der Waals surface area contributed by atoms with Crippen LogP contribution in [0.5, 0.6) is 0 Å². The summed E-state index contributed by atoms with van der Waals surface area (Å²) in [5.41, 5.74) is 5.52. The van der Waals surface area contributed by atoms with Crippen molar-refractivity contribution in [3.8, 4) is 0 Å². The van der Waals surface area contributed by atoms with E-state index in [1.165, 1.54) is 10.4 Å². The molecule has 1 saturated heterocycles. The standard InChI is InChI=1S/C24H32N6OS/c1-24(2,3)21-14-20-22(25-17-26-23(20)32-21)28-27-15-18-4-6-19(7-5-18)16-30-10-8-29(9-11-30)12-13-31/h4-7,14-15,17,31H,8-13,16H2,1-3H3,(H,25,26,28). The zero-order valence-electron chi connectivity index (χ0n) is 19.1. The number of aliphatic hydroxyl groups excluding tert-OH is 1. The Bertz CT molecular complexity index is 1050. The van der Waals surface area contributed by atoms with Crippen LogP contribution in [-0.4, -0.2) is 70.4 Å². The van der Waals surface area contributed by atoms with Crippen LogP contribution in [0.3, 0.4) is 0 Å². The minimum absolute atomic E-state index is 0.0840. The van der Waals surface area contributed by atoms with E-state index in [2.05, 4.69) is 81.4 Å². The summed E-state index contributed by atoms with van der Waals surface area (Å²) in [7, 11) is 0. The Balaban J connectivity index is 1.34. The van der Waals surface area contributed by atoms with Gasteiger partial charge in [0.15, 0.2) is 5.82 Å². The van der Waals surface area contributed by atoms with Gasteiger partial charge in [0.25, 0.3) is 0 Å². The topological polar surface area (TPSA) is 76.9 Å². The van der Waals surface area contributed by atoms with E-state index < -0.39 is 0 Å². The van der Waals surface area contributed by atoms with E-state index in [0.717, 1.165) is 60.9 Å². The van der Waals surface area contributed by atoms with Gasteiger partial charge in [-0.2, -0.15) is 5.10 Å². The van der Waals surface area contributed by atoms with Gasteiger partial charge in [0.05, 0.1) is 18.2 Å². The lowest BCUT2D eigenvalue weighted by Gasteiger charge is -2.34. The van der Waals surface area contributed by atoms with Crippen molar-refractivity contribution in [1.82, 2.24) is 19.8 Å². The largest absolute Gasteiger partial charge is 0.395 e. The van der Waals surface area contributed by atoms with Gasteiger partial charge in [-0.1, -0.05) is 45.0 Å². The zero-order valence-corrected chi connectivity index (χ0v) is 19.9.